The average Bonchev–Trinajstić information content (AvgIpc) is 2.64. The van der Waals surface area contributed by atoms with E-state index in [1.807, 2.05) is 13.8 Å². The van der Waals surface area contributed by atoms with Crippen molar-refractivity contribution in [1.82, 2.24) is 19.5 Å². The molecule has 8 heteroatoms. The minimum Gasteiger partial charge on any atom is -0.353 e. The van der Waals surface area contributed by atoms with E-state index in [0.717, 1.165) is 4.68 Å². The van der Waals surface area contributed by atoms with Crippen molar-refractivity contribution in [1.29, 1.82) is 0 Å². The Bertz CT molecular complexity index is 656. The van der Waals surface area contributed by atoms with Gasteiger partial charge in [-0.05, 0) is 26.0 Å². The zero-order chi connectivity index (χ0) is 14.0. The van der Waals surface area contributed by atoms with E-state index in [1.165, 1.54) is 4.40 Å². The number of carbonyl (C=O) groups excluding carboxylic acids is 1. The van der Waals surface area contributed by atoms with E-state index in [2.05, 4.69) is 10.4 Å². The summed E-state index contributed by atoms with van der Waals surface area (Å²) >= 11 is 0. The van der Waals surface area contributed by atoms with Crippen LogP contribution in [0.5, 0.6) is 0 Å². The van der Waals surface area contributed by atoms with E-state index in [-0.39, 0.29) is 30.5 Å². The molecule has 0 aliphatic carbocycles. The number of pyridine rings is 1. The largest absolute Gasteiger partial charge is 0.353 e. The fraction of sp³-hybridized carbons (Fsp3) is 0.417. The molecule has 7 nitrogen and oxygen atoms in total. The topological polar surface area (TPSA) is 94.4 Å². The van der Waals surface area contributed by atoms with Crippen LogP contribution >= 0.6 is 12.4 Å². The summed E-state index contributed by atoms with van der Waals surface area (Å²) in [6.45, 7) is 3.85. The Morgan fingerprint density at radius 3 is 2.75 bits per heavy atom. The molecule has 3 N–H and O–H groups in total. The molecule has 20 heavy (non-hydrogen) atoms. The van der Waals surface area contributed by atoms with E-state index in [9.17, 15) is 9.59 Å². The van der Waals surface area contributed by atoms with Crippen molar-refractivity contribution in [2.24, 2.45) is 5.73 Å². The second-order valence-corrected chi connectivity index (χ2v) is 5.13. The molecule has 0 spiro atoms. The van der Waals surface area contributed by atoms with Crippen molar-refractivity contribution in [3.8, 4) is 0 Å². The molecule has 0 saturated heterocycles. The zero-order valence-electron chi connectivity index (χ0n) is 11.4. The van der Waals surface area contributed by atoms with Gasteiger partial charge in [0.15, 0.2) is 5.65 Å². The highest BCUT2D eigenvalue weighted by Crippen LogP contribution is 1.95. The van der Waals surface area contributed by atoms with Gasteiger partial charge in [-0.1, -0.05) is 6.07 Å². The number of halogens is 1. The first kappa shape index (κ1) is 16.2. The highest BCUT2D eigenvalue weighted by molar-refractivity contribution is 5.85. The number of hydrogen-bond donors (Lipinski definition) is 2. The van der Waals surface area contributed by atoms with Crippen LogP contribution in [-0.4, -0.2) is 32.2 Å². The number of fused-ring (bicyclic) bond motifs is 1. The number of hydrogen-bond acceptors (Lipinski definition) is 4. The van der Waals surface area contributed by atoms with Gasteiger partial charge in [0.05, 0.1) is 0 Å². The fourth-order valence-corrected chi connectivity index (χ4v) is 1.59. The zero-order valence-corrected chi connectivity index (χ0v) is 12.2. The Labute approximate surface area is 122 Å². The van der Waals surface area contributed by atoms with Gasteiger partial charge in [0, 0.05) is 18.3 Å². The van der Waals surface area contributed by atoms with Crippen LogP contribution in [0.25, 0.3) is 5.65 Å². The van der Waals surface area contributed by atoms with E-state index in [0.29, 0.717) is 12.2 Å². The van der Waals surface area contributed by atoms with Crippen LogP contribution in [0.15, 0.2) is 29.2 Å². The van der Waals surface area contributed by atoms with Crippen molar-refractivity contribution < 1.29 is 4.79 Å². The Kier molecular flexibility index (Phi) is 4.91. The van der Waals surface area contributed by atoms with Gasteiger partial charge in [0.25, 0.3) is 0 Å². The summed E-state index contributed by atoms with van der Waals surface area (Å²) < 4.78 is 2.52. The smallest absolute Gasteiger partial charge is 0.350 e. The molecular formula is C12H18ClN5O2. The standard InChI is InChI=1S/C12H17N5O2.ClH/c1-12(2,13)8-14-10(18)7-17-11(19)16-6-4-3-5-9(16)15-17;/h3-6H,7-8,13H2,1-2H3,(H,14,18);1H. The van der Waals surface area contributed by atoms with E-state index < -0.39 is 5.54 Å². The number of amides is 1. The van der Waals surface area contributed by atoms with E-state index in [1.54, 1.807) is 24.4 Å². The summed E-state index contributed by atoms with van der Waals surface area (Å²) in [6, 6.07) is 5.22. The predicted octanol–water partition coefficient (Wildman–Crippen LogP) is -0.229. The van der Waals surface area contributed by atoms with Gasteiger partial charge in [0.2, 0.25) is 5.91 Å². The van der Waals surface area contributed by atoms with Crippen LogP contribution in [0.1, 0.15) is 13.8 Å². The Morgan fingerprint density at radius 2 is 2.15 bits per heavy atom. The van der Waals surface area contributed by atoms with Gasteiger partial charge in [-0.25, -0.2) is 9.48 Å². The molecule has 0 aliphatic rings. The third-order valence-corrected chi connectivity index (χ3v) is 2.52. The maximum absolute atomic E-state index is 11.9. The van der Waals surface area contributed by atoms with Crippen LogP contribution in [0.4, 0.5) is 0 Å². The lowest BCUT2D eigenvalue weighted by Gasteiger charge is -2.18. The van der Waals surface area contributed by atoms with Crippen LogP contribution in [0, 0.1) is 0 Å². The highest BCUT2D eigenvalue weighted by Gasteiger charge is 2.14. The normalized spacial score (nSPS) is 11.2. The van der Waals surface area contributed by atoms with Crippen LogP contribution in [0.3, 0.4) is 0 Å². The quantitative estimate of drug-likeness (QED) is 0.815. The van der Waals surface area contributed by atoms with Gasteiger partial charge in [-0.15, -0.1) is 17.5 Å². The van der Waals surface area contributed by atoms with Gasteiger partial charge in [-0.2, -0.15) is 0 Å². The fourth-order valence-electron chi connectivity index (χ4n) is 1.59. The molecule has 110 valence electrons. The van der Waals surface area contributed by atoms with E-state index in [4.69, 9.17) is 5.73 Å². The summed E-state index contributed by atoms with van der Waals surface area (Å²) in [4.78, 5) is 23.6. The number of rotatable bonds is 4. The lowest BCUT2D eigenvalue weighted by atomic mass is 10.1. The molecule has 1 amide bonds. The predicted molar refractivity (Wildman–Crippen MR) is 78.0 cm³/mol. The molecule has 2 aromatic heterocycles. The molecule has 2 heterocycles. The minimum absolute atomic E-state index is 0. The lowest BCUT2D eigenvalue weighted by molar-refractivity contribution is -0.122. The van der Waals surface area contributed by atoms with Crippen molar-refractivity contribution >= 4 is 24.0 Å². The number of nitrogens with two attached hydrogens (primary N) is 1. The number of aromatic nitrogens is 3. The maximum Gasteiger partial charge on any atom is 0.350 e. The van der Waals surface area contributed by atoms with E-state index >= 15 is 0 Å². The van der Waals surface area contributed by atoms with Gasteiger partial charge < -0.3 is 11.1 Å². The summed E-state index contributed by atoms with van der Waals surface area (Å²) in [5, 5.41) is 6.74. The van der Waals surface area contributed by atoms with Crippen LogP contribution in [-0.2, 0) is 11.3 Å². The van der Waals surface area contributed by atoms with Gasteiger partial charge >= 0.3 is 5.69 Å². The Balaban J connectivity index is 0.00000200. The first-order valence-electron chi connectivity index (χ1n) is 5.97. The molecular weight excluding hydrogens is 282 g/mol. The SMILES string of the molecule is CC(C)(N)CNC(=O)Cn1nc2ccccn2c1=O.Cl. The molecule has 0 unspecified atom stereocenters. The molecule has 0 aromatic carbocycles. The van der Waals surface area contributed by atoms with Gasteiger partial charge in [0.1, 0.15) is 6.54 Å². The van der Waals surface area contributed by atoms with Crippen molar-refractivity contribution in [3.63, 3.8) is 0 Å². The summed E-state index contributed by atoms with van der Waals surface area (Å²) in [5.41, 5.74) is 5.46. The van der Waals surface area contributed by atoms with Crippen LogP contribution < -0.4 is 16.7 Å². The number of nitrogens with one attached hydrogen (secondary N) is 1. The molecule has 2 rings (SSSR count). The summed E-state index contributed by atoms with van der Waals surface area (Å²) in [6.07, 6.45) is 1.61. The molecule has 0 saturated carbocycles. The third-order valence-electron chi connectivity index (χ3n) is 2.52. The van der Waals surface area contributed by atoms with Crippen LogP contribution in [0.2, 0.25) is 0 Å². The first-order chi connectivity index (χ1) is 8.87. The summed E-state index contributed by atoms with van der Waals surface area (Å²) in [5.74, 6) is -0.288. The summed E-state index contributed by atoms with van der Waals surface area (Å²) in [7, 11) is 0. The second-order valence-electron chi connectivity index (χ2n) is 5.13. The number of nitrogens with zero attached hydrogens (tertiary/aromatic N) is 3. The first-order valence-corrected chi connectivity index (χ1v) is 5.97. The molecule has 0 aliphatic heterocycles. The molecule has 0 bridgehead atoms. The second kappa shape index (κ2) is 6.06. The maximum atomic E-state index is 11.9. The number of carbonyl (C=O) groups is 1. The molecule has 0 radical (unpaired) electrons. The highest BCUT2D eigenvalue weighted by atomic mass is 35.5. The lowest BCUT2D eigenvalue weighted by Crippen LogP contribution is -2.46. The van der Waals surface area contributed by atoms with Crippen molar-refractivity contribution in [3.05, 3.63) is 34.9 Å². The molecule has 0 fully saturated rings. The van der Waals surface area contributed by atoms with Crippen molar-refractivity contribution in [2.45, 2.75) is 25.9 Å². The minimum atomic E-state index is -0.487. The monoisotopic (exact) mass is 299 g/mol. The average molecular weight is 300 g/mol. The van der Waals surface area contributed by atoms with Gasteiger partial charge in [-0.3, -0.25) is 9.20 Å². The Hall–Kier alpha value is -1.86. The molecule has 0 atom stereocenters. The molecule has 2 aromatic rings. The Morgan fingerprint density at radius 1 is 1.45 bits per heavy atom. The van der Waals surface area contributed by atoms with Crippen molar-refractivity contribution in [2.75, 3.05) is 6.54 Å². The third kappa shape index (κ3) is 3.82.